The molecule has 0 radical (unpaired) electrons. The molecule has 1 N–H and O–H groups in total. The maximum Gasteiger partial charge on any atom is 0.416 e. The van der Waals surface area contributed by atoms with E-state index in [-0.39, 0.29) is 6.10 Å². The molecule has 1 fully saturated rings. The molecule has 0 bridgehead atoms. The van der Waals surface area contributed by atoms with Crippen molar-refractivity contribution in [3.63, 3.8) is 0 Å². The largest absolute Gasteiger partial charge is 0.416 e. The highest BCUT2D eigenvalue weighted by molar-refractivity contribution is 5.58. The quantitative estimate of drug-likeness (QED) is 0.922. The number of hydrogen-bond acceptors (Lipinski definition) is 4. The number of aromatic nitrogens is 2. The number of aliphatic hydroxyl groups excluding tert-OH is 1. The Labute approximate surface area is 131 Å². The van der Waals surface area contributed by atoms with Crippen molar-refractivity contribution in [1.29, 1.82) is 0 Å². The van der Waals surface area contributed by atoms with Crippen molar-refractivity contribution >= 4 is 5.82 Å². The predicted octanol–water partition coefficient (Wildman–Crippen LogP) is 3.12. The first-order valence-electron chi connectivity index (χ1n) is 7.37. The van der Waals surface area contributed by atoms with Crippen molar-refractivity contribution in [2.45, 2.75) is 25.1 Å². The number of benzene rings is 1. The van der Waals surface area contributed by atoms with E-state index in [1.54, 1.807) is 12.3 Å². The monoisotopic (exact) mass is 323 g/mol. The average Bonchev–Trinajstić information content (AvgIpc) is 2.54. The van der Waals surface area contributed by atoms with Crippen molar-refractivity contribution < 1.29 is 18.3 Å². The summed E-state index contributed by atoms with van der Waals surface area (Å²) >= 11 is 0. The van der Waals surface area contributed by atoms with Gasteiger partial charge in [0.25, 0.3) is 0 Å². The Morgan fingerprint density at radius 2 is 1.87 bits per heavy atom. The highest BCUT2D eigenvalue weighted by Crippen LogP contribution is 2.30. The molecule has 1 aromatic carbocycles. The fraction of sp³-hybridized carbons (Fsp3) is 0.375. The molecule has 0 aliphatic carbocycles. The van der Waals surface area contributed by atoms with Gasteiger partial charge in [-0.3, -0.25) is 0 Å². The van der Waals surface area contributed by atoms with E-state index in [9.17, 15) is 18.3 Å². The van der Waals surface area contributed by atoms with Crippen LogP contribution in [0.5, 0.6) is 0 Å². The minimum absolute atomic E-state index is 0.372. The topological polar surface area (TPSA) is 49.2 Å². The molecule has 1 saturated heterocycles. The van der Waals surface area contributed by atoms with Gasteiger partial charge in [-0.2, -0.15) is 13.2 Å². The van der Waals surface area contributed by atoms with Crippen molar-refractivity contribution in [2.75, 3.05) is 18.0 Å². The van der Waals surface area contributed by atoms with Crippen LogP contribution in [0.1, 0.15) is 18.4 Å². The molecule has 4 nitrogen and oxygen atoms in total. The average molecular weight is 323 g/mol. The van der Waals surface area contributed by atoms with Crippen LogP contribution in [0.25, 0.3) is 11.4 Å². The molecule has 2 heterocycles. The number of rotatable bonds is 2. The number of nitrogens with zero attached hydrogens (tertiary/aromatic N) is 3. The van der Waals surface area contributed by atoms with Crippen molar-refractivity contribution in [2.24, 2.45) is 0 Å². The summed E-state index contributed by atoms with van der Waals surface area (Å²) in [5, 5.41) is 9.74. The number of anilines is 1. The Morgan fingerprint density at radius 1 is 1.13 bits per heavy atom. The van der Waals surface area contributed by atoms with E-state index < -0.39 is 11.7 Å². The van der Waals surface area contributed by atoms with E-state index in [2.05, 4.69) is 9.97 Å². The summed E-state index contributed by atoms with van der Waals surface area (Å²) in [5.41, 5.74) is -0.172. The van der Waals surface area contributed by atoms with E-state index in [1.807, 2.05) is 4.90 Å². The smallest absolute Gasteiger partial charge is 0.391 e. The third-order valence-corrected chi connectivity index (χ3v) is 3.83. The molecule has 0 unspecified atom stereocenters. The second-order valence-electron chi connectivity index (χ2n) is 5.56. The van der Waals surface area contributed by atoms with Crippen LogP contribution in [0.4, 0.5) is 19.0 Å². The van der Waals surface area contributed by atoms with Crippen LogP contribution in [-0.4, -0.2) is 34.3 Å². The lowest BCUT2D eigenvalue weighted by molar-refractivity contribution is -0.137. The molecule has 1 aliphatic rings. The normalized spacial score (nSPS) is 19.0. The molecular formula is C16H16F3N3O. The molecule has 1 atom stereocenters. The fourth-order valence-electron chi connectivity index (χ4n) is 2.64. The van der Waals surface area contributed by atoms with Crippen LogP contribution in [0.15, 0.2) is 36.5 Å². The highest BCUT2D eigenvalue weighted by atomic mass is 19.4. The predicted molar refractivity (Wildman–Crippen MR) is 79.9 cm³/mol. The SMILES string of the molecule is O[C@@H]1CCCN(c2ccnc(-c3ccc(C(F)(F)F)cc3)n2)C1. The van der Waals surface area contributed by atoms with Crippen LogP contribution >= 0.6 is 0 Å². The zero-order valence-corrected chi connectivity index (χ0v) is 12.3. The van der Waals surface area contributed by atoms with Crippen molar-refractivity contribution in [1.82, 2.24) is 9.97 Å². The molecule has 1 aliphatic heterocycles. The maximum atomic E-state index is 12.6. The van der Waals surface area contributed by atoms with Gasteiger partial charge < -0.3 is 10.0 Å². The molecular weight excluding hydrogens is 307 g/mol. The summed E-state index contributed by atoms with van der Waals surface area (Å²) in [4.78, 5) is 10.5. The highest BCUT2D eigenvalue weighted by Gasteiger charge is 2.30. The molecule has 0 spiro atoms. The molecule has 7 heteroatoms. The Bertz CT molecular complexity index is 673. The number of hydrogen-bond donors (Lipinski definition) is 1. The standard InChI is InChI=1S/C16H16F3N3O/c17-16(18,19)12-5-3-11(4-6-12)15-20-8-7-14(21-15)22-9-1-2-13(23)10-22/h3-8,13,23H,1-2,9-10H2/t13-/m1/s1. The van der Waals surface area contributed by atoms with Gasteiger partial charge in [0.05, 0.1) is 11.7 Å². The lowest BCUT2D eigenvalue weighted by atomic mass is 10.1. The summed E-state index contributed by atoms with van der Waals surface area (Å²) in [5.74, 6) is 1.05. The fourth-order valence-corrected chi connectivity index (χ4v) is 2.64. The zero-order valence-electron chi connectivity index (χ0n) is 12.3. The third kappa shape index (κ3) is 3.61. The van der Waals surface area contributed by atoms with E-state index in [4.69, 9.17) is 0 Å². The Hall–Kier alpha value is -2.15. The number of alkyl halides is 3. The van der Waals surface area contributed by atoms with Gasteiger partial charge in [-0.05, 0) is 31.0 Å². The minimum atomic E-state index is -4.36. The zero-order chi connectivity index (χ0) is 16.4. The van der Waals surface area contributed by atoms with Gasteiger partial charge in [-0.25, -0.2) is 9.97 Å². The number of β-amino-alcohol motifs (C(OH)–C–C–N with tert-alkyl or cyclic N) is 1. The molecule has 1 aromatic heterocycles. The van der Waals surface area contributed by atoms with Crippen LogP contribution in [0, 0.1) is 0 Å². The number of aliphatic hydroxyl groups is 1. The molecule has 2 aromatic rings. The molecule has 23 heavy (non-hydrogen) atoms. The summed E-state index contributed by atoms with van der Waals surface area (Å²) < 4.78 is 37.8. The Morgan fingerprint density at radius 3 is 2.52 bits per heavy atom. The van der Waals surface area contributed by atoms with E-state index in [1.165, 1.54) is 12.1 Å². The van der Waals surface area contributed by atoms with E-state index in [0.29, 0.717) is 23.8 Å². The second kappa shape index (κ2) is 6.16. The Balaban J connectivity index is 1.85. The second-order valence-corrected chi connectivity index (χ2v) is 5.56. The van der Waals surface area contributed by atoms with Crippen LogP contribution in [0.3, 0.4) is 0 Å². The van der Waals surface area contributed by atoms with Gasteiger partial charge in [0.2, 0.25) is 0 Å². The summed E-state index contributed by atoms with van der Waals surface area (Å²) in [6.45, 7) is 1.30. The van der Waals surface area contributed by atoms with Gasteiger partial charge in [0, 0.05) is 24.8 Å². The summed E-state index contributed by atoms with van der Waals surface area (Å²) in [6, 6.07) is 6.53. The van der Waals surface area contributed by atoms with Gasteiger partial charge in [0.1, 0.15) is 5.82 Å². The summed E-state index contributed by atoms with van der Waals surface area (Å²) in [7, 11) is 0. The first kappa shape index (κ1) is 15.7. The number of halogens is 3. The van der Waals surface area contributed by atoms with Crippen molar-refractivity contribution in [3.8, 4) is 11.4 Å². The molecule has 122 valence electrons. The lowest BCUT2D eigenvalue weighted by Crippen LogP contribution is -2.38. The van der Waals surface area contributed by atoms with Crippen molar-refractivity contribution in [3.05, 3.63) is 42.1 Å². The lowest BCUT2D eigenvalue weighted by Gasteiger charge is -2.31. The van der Waals surface area contributed by atoms with E-state index in [0.717, 1.165) is 31.5 Å². The van der Waals surface area contributed by atoms with Crippen LogP contribution < -0.4 is 4.90 Å². The van der Waals surface area contributed by atoms with Gasteiger partial charge >= 0.3 is 6.18 Å². The Kier molecular flexibility index (Phi) is 4.21. The van der Waals surface area contributed by atoms with Gasteiger partial charge in [-0.1, -0.05) is 12.1 Å². The summed E-state index contributed by atoms with van der Waals surface area (Å²) in [6.07, 6.45) is -1.51. The molecule has 3 rings (SSSR count). The first-order chi connectivity index (χ1) is 10.9. The van der Waals surface area contributed by atoms with Gasteiger partial charge in [-0.15, -0.1) is 0 Å². The van der Waals surface area contributed by atoms with Crippen LogP contribution in [-0.2, 0) is 6.18 Å². The third-order valence-electron chi connectivity index (χ3n) is 3.83. The number of piperidine rings is 1. The minimum Gasteiger partial charge on any atom is -0.391 e. The van der Waals surface area contributed by atoms with E-state index >= 15 is 0 Å². The maximum absolute atomic E-state index is 12.6. The van der Waals surface area contributed by atoms with Gasteiger partial charge in [0.15, 0.2) is 5.82 Å². The van der Waals surface area contributed by atoms with Crippen LogP contribution in [0.2, 0.25) is 0 Å². The molecule has 0 saturated carbocycles. The first-order valence-corrected chi connectivity index (χ1v) is 7.37. The molecule has 0 amide bonds.